The third kappa shape index (κ3) is 5.24. The van der Waals surface area contributed by atoms with Crippen molar-refractivity contribution in [3.63, 3.8) is 0 Å². The van der Waals surface area contributed by atoms with Crippen molar-refractivity contribution in [2.45, 2.75) is 6.92 Å². The van der Waals surface area contributed by atoms with Gasteiger partial charge in [0.15, 0.2) is 35.5 Å². The summed E-state index contributed by atoms with van der Waals surface area (Å²) < 4.78 is 49.2. The number of carbonyl (C=O) groups excluding carboxylic acids is 1. The van der Waals surface area contributed by atoms with E-state index in [4.69, 9.17) is 18.9 Å². The van der Waals surface area contributed by atoms with E-state index >= 15 is 0 Å². The molecule has 0 aliphatic rings. The maximum atomic E-state index is 13.7. The van der Waals surface area contributed by atoms with Crippen LogP contribution in [0.15, 0.2) is 60.8 Å². The van der Waals surface area contributed by atoms with Gasteiger partial charge in [0.2, 0.25) is 0 Å². The molecule has 1 heterocycles. The van der Waals surface area contributed by atoms with Gasteiger partial charge in [0.25, 0.3) is 5.91 Å². The highest BCUT2D eigenvalue weighted by molar-refractivity contribution is 5.92. The van der Waals surface area contributed by atoms with Crippen LogP contribution in [0.2, 0.25) is 0 Å². The Morgan fingerprint density at radius 3 is 2.31 bits per heavy atom. The Hall–Kier alpha value is -4.40. The molecule has 0 aliphatic heterocycles. The Bertz CT molecular complexity index is 1370. The first-order valence-corrected chi connectivity index (χ1v) is 10.6. The van der Waals surface area contributed by atoms with E-state index in [1.54, 1.807) is 56.8 Å². The molecule has 1 amide bonds. The number of methoxy groups -OCH3 is 2. The molecule has 0 fully saturated rings. The zero-order chi connectivity index (χ0) is 24.9. The number of halogens is 2. The fraction of sp³-hybridized carbons (Fsp3) is 0.154. The van der Waals surface area contributed by atoms with E-state index in [-0.39, 0.29) is 0 Å². The van der Waals surface area contributed by atoms with Gasteiger partial charge in [-0.1, -0.05) is 6.07 Å². The number of hydrogen-bond acceptors (Lipinski definition) is 6. The summed E-state index contributed by atoms with van der Waals surface area (Å²) in [6, 6.07) is 13.7. The smallest absolute Gasteiger partial charge is 0.262 e. The Morgan fingerprint density at radius 2 is 1.63 bits per heavy atom. The van der Waals surface area contributed by atoms with E-state index in [1.165, 1.54) is 6.07 Å². The topological polar surface area (TPSA) is 78.9 Å². The number of carbonyl (C=O) groups is 1. The molecule has 35 heavy (non-hydrogen) atoms. The number of nitrogens with zero attached hydrogens (tertiary/aromatic N) is 1. The molecule has 4 aromatic rings. The monoisotopic (exact) mass is 480 g/mol. The number of rotatable bonds is 8. The first-order valence-electron chi connectivity index (χ1n) is 10.6. The maximum Gasteiger partial charge on any atom is 0.262 e. The fourth-order valence-electron chi connectivity index (χ4n) is 3.45. The molecule has 1 N–H and O–H groups in total. The largest absolute Gasteiger partial charge is 0.493 e. The van der Waals surface area contributed by atoms with Gasteiger partial charge in [0, 0.05) is 23.3 Å². The van der Waals surface area contributed by atoms with E-state index in [0.29, 0.717) is 34.2 Å². The molecule has 3 aromatic carbocycles. The lowest BCUT2D eigenvalue weighted by atomic mass is 10.1. The number of benzene rings is 3. The Labute approximate surface area is 200 Å². The summed E-state index contributed by atoms with van der Waals surface area (Å²) in [4.78, 5) is 16.6. The molecular formula is C26H22F2N2O5. The SMILES string of the molecule is COc1cc2nccc(Oc3ccc(NC(=O)COc4c(F)cccc4F)cc3C)c2cc1OC. The van der Waals surface area contributed by atoms with Crippen molar-refractivity contribution in [3.8, 4) is 28.7 Å². The quantitative estimate of drug-likeness (QED) is 0.351. The number of nitrogens with one attached hydrogen (secondary N) is 1. The minimum atomic E-state index is -0.880. The normalized spacial score (nSPS) is 10.7. The molecule has 1 aromatic heterocycles. The van der Waals surface area contributed by atoms with Gasteiger partial charge in [-0.15, -0.1) is 0 Å². The summed E-state index contributed by atoms with van der Waals surface area (Å²) in [5.74, 6) is -0.688. The summed E-state index contributed by atoms with van der Waals surface area (Å²) in [6.07, 6.45) is 1.63. The average Bonchev–Trinajstić information content (AvgIpc) is 2.84. The molecular weight excluding hydrogens is 458 g/mol. The summed E-state index contributed by atoms with van der Waals surface area (Å²) in [6.45, 7) is 1.27. The maximum absolute atomic E-state index is 13.7. The summed E-state index contributed by atoms with van der Waals surface area (Å²) in [5, 5.41) is 3.37. The van der Waals surface area contributed by atoms with Crippen LogP contribution in [-0.4, -0.2) is 31.7 Å². The van der Waals surface area contributed by atoms with Crippen molar-refractivity contribution in [2.24, 2.45) is 0 Å². The highest BCUT2D eigenvalue weighted by Gasteiger charge is 2.14. The third-order valence-electron chi connectivity index (χ3n) is 5.15. The van der Waals surface area contributed by atoms with Crippen LogP contribution in [0.1, 0.15) is 5.56 Å². The van der Waals surface area contributed by atoms with E-state index in [1.807, 2.05) is 6.92 Å². The number of ether oxygens (including phenoxy) is 4. The Morgan fingerprint density at radius 1 is 0.914 bits per heavy atom. The summed E-state index contributed by atoms with van der Waals surface area (Å²) in [7, 11) is 3.10. The standard InChI is InChI=1S/C26H22F2N2O5/c1-15-11-16(30-25(31)14-34-26-18(27)5-4-6-19(26)28)7-8-21(15)35-22-9-10-29-20-13-24(33-3)23(32-2)12-17(20)22/h4-13H,14H2,1-3H3,(H,30,31). The van der Waals surface area contributed by atoms with Gasteiger partial charge < -0.3 is 24.3 Å². The van der Waals surface area contributed by atoms with Crippen LogP contribution in [0.3, 0.4) is 0 Å². The van der Waals surface area contributed by atoms with Gasteiger partial charge in [0.05, 0.1) is 19.7 Å². The first-order chi connectivity index (χ1) is 16.9. The number of aryl methyl sites for hydroxylation is 1. The lowest BCUT2D eigenvalue weighted by Gasteiger charge is -2.14. The van der Waals surface area contributed by atoms with E-state index in [2.05, 4.69) is 10.3 Å². The van der Waals surface area contributed by atoms with Crippen molar-refractivity contribution in [1.29, 1.82) is 0 Å². The van der Waals surface area contributed by atoms with Crippen LogP contribution in [0.25, 0.3) is 10.9 Å². The van der Waals surface area contributed by atoms with Crippen LogP contribution >= 0.6 is 0 Å². The molecule has 0 spiro atoms. The van der Waals surface area contributed by atoms with Crippen molar-refractivity contribution in [1.82, 2.24) is 4.98 Å². The number of fused-ring (bicyclic) bond motifs is 1. The van der Waals surface area contributed by atoms with Gasteiger partial charge in [-0.2, -0.15) is 0 Å². The van der Waals surface area contributed by atoms with Gasteiger partial charge >= 0.3 is 0 Å². The molecule has 0 bridgehead atoms. The average molecular weight is 480 g/mol. The molecule has 0 unspecified atom stereocenters. The Kier molecular flexibility index (Phi) is 6.96. The van der Waals surface area contributed by atoms with Crippen molar-refractivity contribution in [2.75, 3.05) is 26.1 Å². The molecule has 180 valence electrons. The third-order valence-corrected chi connectivity index (χ3v) is 5.15. The van der Waals surface area contributed by atoms with Crippen LogP contribution in [0, 0.1) is 18.6 Å². The van der Waals surface area contributed by atoms with Crippen LogP contribution in [0.5, 0.6) is 28.7 Å². The molecule has 7 nitrogen and oxygen atoms in total. The highest BCUT2D eigenvalue weighted by Crippen LogP contribution is 2.37. The van der Waals surface area contributed by atoms with Crippen LogP contribution in [-0.2, 0) is 4.79 Å². The van der Waals surface area contributed by atoms with E-state index in [0.717, 1.165) is 23.1 Å². The number of anilines is 1. The fourth-order valence-corrected chi connectivity index (χ4v) is 3.45. The van der Waals surface area contributed by atoms with E-state index in [9.17, 15) is 13.6 Å². The second-order valence-electron chi connectivity index (χ2n) is 7.50. The number of hydrogen-bond donors (Lipinski definition) is 1. The summed E-state index contributed by atoms with van der Waals surface area (Å²) >= 11 is 0. The Balaban J connectivity index is 1.48. The minimum Gasteiger partial charge on any atom is -0.493 e. The molecule has 4 rings (SSSR count). The molecule has 0 atom stereocenters. The molecule has 0 radical (unpaired) electrons. The predicted molar refractivity (Wildman–Crippen MR) is 127 cm³/mol. The van der Waals surface area contributed by atoms with Crippen LogP contribution < -0.4 is 24.3 Å². The van der Waals surface area contributed by atoms with Crippen molar-refractivity contribution in [3.05, 3.63) is 78.0 Å². The number of amides is 1. The van der Waals surface area contributed by atoms with Gasteiger partial charge in [-0.25, -0.2) is 8.78 Å². The predicted octanol–water partition coefficient (Wildman–Crippen LogP) is 5.65. The zero-order valence-corrected chi connectivity index (χ0v) is 19.2. The molecule has 0 saturated carbocycles. The van der Waals surface area contributed by atoms with Gasteiger partial charge in [0.1, 0.15) is 11.5 Å². The molecule has 9 heteroatoms. The first kappa shape index (κ1) is 23.7. The number of aromatic nitrogens is 1. The molecule has 0 aliphatic carbocycles. The second kappa shape index (κ2) is 10.3. The highest BCUT2D eigenvalue weighted by atomic mass is 19.1. The van der Waals surface area contributed by atoms with E-state index < -0.39 is 29.9 Å². The second-order valence-corrected chi connectivity index (χ2v) is 7.50. The van der Waals surface area contributed by atoms with Gasteiger partial charge in [-0.3, -0.25) is 9.78 Å². The summed E-state index contributed by atoms with van der Waals surface area (Å²) in [5.41, 5.74) is 1.89. The lowest BCUT2D eigenvalue weighted by molar-refractivity contribution is -0.118. The van der Waals surface area contributed by atoms with Crippen molar-refractivity contribution >= 4 is 22.5 Å². The number of para-hydroxylation sites is 1. The van der Waals surface area contributed by atoms with Crippen LogP contribution in [0.4, 0.5) is 14.5 Å². The number of pyridine rings is 1. The minimum absolute atomic E-state index is 0.475. The zero-order valence-electron chi connectivity index (χ0n) is 19.2. The lowest BCUT2D eigenvalue weighted by Crippen LogP contribution is -2.20. The van der Waals surface area contributed by atoms with Crippen molar-refractivity contribution < 1.29 is 32.5 Å². The van der Waals surface area contributed by atoms with Gasteiger partial charge in [-0.05, 0) is 55.0 Å². The molecule has 0 saturated heterocycles.